The van der Waals surface area contributed by atoms with Crippen molar-refractivity contribution >= 4 is 32.8 Å². The van der Waals surface area contributed by atoms with Gasteiger partial charge < -0.3 is 14.5 Å². The lowest BCUT2D eigenvalue weighted by atomic mass is 10.1. The third-order valence-corrected chi connectivity index (χ3v) is 3.68. The number of hydrogen-bond donors (Lipinski definition) is 1. The number of methoxy groups -OCH3 is 1. The first-order valence-electron chi connectivity index (χ1n) is 6.58. The molecule has 1 heterocycles. The van der Waals surface area contributed by atoms with E-state index in [0.29, 0.717) is 16.7 Å². The van der Waals surface area contributed by atoms with Crippen LogP contribution in [0, 0.1) is 0 Å². The minimum Gasteiger partial charge on any atom is -0.493 e. The summed E-state index contributed by atoms with van der Waals surface area (Å²) in [5.74, 6) is 0.00398. The molecule has 0 aliphatic heterocycles. The van der Waals surface area contributed by atoms with Crippen LogP contribution in [0.1, 0.15) is 30.6 Å². The van der Waals surface area contributed by atoms with Crippen LogP contribution in [0.25, 0.3) is 11.0 Å². The molecule has 112 valence electrons. The standard InChI is InChI=1S/C15H16BrNO4/c1-4-8(2)17-14(18)11-6-9-5-10(16)7-12(20-3)13(9)21-15(11)19/h5-8H,4H2,1-3H3,(H,17,18)/t8-/m1/s1. The van der Waals surface area contributed by atoms with E-state index in [0.717, 1.165) is 10.9 Å². The predicted octanol–water partition coefficient (Wildman–Crippen LogP) is 3.09. The zero-order valence-electron chi connectivity index (χ0n) is 12.0. The second-order valence-corrected chi connectivity index (χ2v) is 5.67. The number of halogens is 1. The van der Waals surface area contributed by atoms with Crippen molar-refractivity contribution in [1.82, 2.24) is 5.32 Å². The van der Waals surface area contributed by atoms with Gasteiger partial charge in [-0.05, 0) is 31.5 Å². The average molecular weight is 354 g/mol. The summed E-state index contributed by atoms with van der Waals surface area (Å²) in [6, 6.07) is 4.97. The summed E-state index contributed by atoms with van der Waals surface area (Å²) in [7, 11) is 1.49. The van der Waals surface area contributed by atoms with Crippen LogP contribution >= 0.6 is 15.9 Å². The fraction of sp³-hybridized carbons (Fsp3) is 0.333. The van der Waals surface area contributed by atoms with Gasteiger partial charge in [-0.25, -0.2) is 4.79 Å². The summed E-state index contributed by atoms with van der Waals surface area (Å²) in [6.07, 6.45) is 0.782. The van der Waals surface area contributed by atoms with Gasteiger partial charge in [0.25, 0.3) is 5.91 Å². The predicted molar refractivity (Wildman–Crippen MR) is 84.0 cm³/mol. The summed E-state index contributed by atoms with van der Waals surface area (Å²) in [4.78, 5) is 24.1. The Hall–Kier alpha value is -1.82. The lowest BCUT2D eigenvalue weighted by Crippen LogP contribution is -2.34. The number of carbonyl (C=O) groups is 1. The molecule has 5 nitrogen and oxygen atoms in total. The molecule has 1 aromatic carbocycles. The van der Waals surface area contributed by atoms with Crippen LogP contribution in [0.2, 0.25) is 0 Å². The van der Waals surface area contributed by atoms with E-state index in [2.05, 4.69) is 21.2 Å². The van der Waals surface area contributed by atoms with Gasteiger partial charge in [-0.3, -0.25) is 4.79 Å². The first kappa shape index (κ1) is 15.6. The number of nitrogens with one attached hydrogen (secondary N) is 1. The number of ether oxygens (including phenoxy) is 1. The van der Waals surface area contributed by atoms with Crippen LogP contribution in [0.5, 0.6) is 5.75 Å². The zero-order chi connectivity index (χ0) is 15.6. The Kier molecular flexibility index (Phi) is 4.67. The molecule has 0 fully saturated rings. The molecule has 0 spiro atoms. The van der Waals surface area contributed by atoms with Crippen molar-refractivity contribution in [3.63, 3.8) is 0 Å². The third-order valence-electron chi connectivity index (χ3n) is 3.22. The fourth-order valence-corrected chi connectivity index (χ4v) is 2.34. The fourth-order valence-electron chi connectivity index (χ4n) is 1.88. The van der Waals surface area contributed by atoms with Crippen LogP contribution in [0.15, 0.2) is 31.9 Å². The Morgan fingerprint density at radius 2 is 2.14 bits per heavy atom. The molecule has 0 bridgehead atoms. The minimum absolute atomic E-state index is 0.00959. The van der Waals surface area contributed by atoms with E-state index >= 15 is 0 Å². The average Bonchev–Trinajstić information content (AvgIpc) is 2.45. The van der Waals surface area contributed by atoms with Gasteiger partial charge in [0.1, 0.15) is 5.56 Å². The Morgan fingerprint density at radius 1 is 1.43 bits per heavy atom. The van der Waals surface area contributed by atoms with Crippen LogP contribution in [0.4, 0.5) is 0 Å². The van der Waals surface area contributed by atoms with Crippen LogP contribution in [-0.4, -0.2) is 19.1 Å². The smallest absolute Gasteiger partial charge is 0.349 e. The van der Waals surface area contributed by atoms with Crippen molar-refractivity contribution in [2.75, 3.05) is 7.11 Å². The van der Waals surface area contributed by atoms with Gasteiger partial charge in [0.2, 0.25) is 0 Å². The molecule has 0 unspecified atom stereocenters. The van der Waals surface area contributed by atoms with E-state index in [1.54, 1.807) is 12.1 Å². The van der Waals surface area contributed by atoms with Crippen molar-refractivity contribution < 1.29 is 13.9 Å². The highest BCUT2D eigenvalue weighted by Crippen LogP contribution is 2.29. The Labute approximate surface area is 130 Å². The van der Waals surface area contributed by atoms with E-state index in [1.807, 2.05) is 13.8 Å². The van der Waals surface area contributed by atoms with E-state index < -0.39 is 11.5 Å². The van der Waals surface area contributed by atoms with E-state index in [1.165, 1.54) is 13.2 Å². The van der Waals surface area contributed by atoms with E-state index in [9.17, 15) is 9.59 Å². The summed E-state index contributed by atoms with van der Waals surface area (Å²) in [6.45, 7) is 3.83. The normalized spacial score (nSPS) is 12.2. The molecule has 1 N–H and O–H groups in total. The number of benzene rings is 1. The SMILES string of the molecule is CC[C@@H](C)NC(=O)c1cc2cc(Br)cc(OC)c2oc1=O. The highest BCUT2D eigenvalue weighted by Gasteiger charge is 2.17. The second kappa shape index (κ2) is 6.30. The van der Waals surface area contributed by atoms with Crippen LogP contribution in [-0.2, 0) is 0 Å². The van der Waals surface area contributed by atoms with Crippen molar-refractivity contribution in [2.24, 2.45) is 0 Å². The zero-order valence-corrected chi connectivity index (χ0v) is 13.6. The Bertz CT molecular complexity index is 738. The molecular formula is C15H16BrNO4. The molecule has 1 aromatic heterocycles. The highest BCUT2D eigenvalue weighted by atomic mass is 79.9. The first-order valence-corrected chi connectivity index (χ1v) is 7.37. The largest absolute Gasteiger partial charge is 0.493 e. The van der Waals surface area contributed by atoms with Gasteiger partial charge >= 0.3 is 5.63 Å². The minimum atomic E-state index is -0.677. The summed E-state index contributed by atoms with van der Waals surface area (Å²) in [5.41, 5.74) is -0.363. The Balaban J connectivity index is 2.55. The quantitative estimate of drug-likeness (QED) is 0.857. The number of carbonyl (C=O) groups excluding carboxylic acids is 1. The number of hydrogen-bond acceptors (Lipinski definition) is 4. The van der Waals surface area contributed by atoms with Gasteiger partial charge in [0.15, 0.2) is 11.3 Å². The molecule has 1 amide bonds. The van der Waals surface area contributed by atoms with E-state index in [4.69, 9.17) is 9.15 Å². The van der Waals surface area contributed by atoms with Gasteiger partial charge in [0, 0.05) is 15.9 Å². The third kappa shape index (κ3) is 3.26. The summed E-state index contributed by atoms with van der Waals surface area (Å²) < 4.78 is 11.2. The molecular weight excluding hydrogens is 338 g/mol. The number of amides is 1. The summed E-state index contributed by atoms with van der Waals surface area (Å²) in [5, 5.41) is 3.37. The molecule has 0 aliphatic rings. The maximum atomic E-state index is 12.1. The van der Waals surface area contributed by atoms with Gasteiger partial charge in [-0.15, -0.1) is 0 Å². The highest BCUT2D eigenvalue weighted by molar-refractivity contribution is 9.10. The molecule has 0 aliphatic carbocycles. The Morgan fingerprint density at radius 3 is 2.76 bits per heavy atom. The van der Waals surface area contributed by atoms with Crippen molar-refractivity contribution in [3.05, 3.63) is 38.7 Å². The molecule has 0 saturated carbocycles. The monoisotopic (exact) mass is 353 g/mol. The number of fused-ring (bicyclic) bond motifs is 1. The lowest BCUT2D eigenvalue weighted by molar-refractivity contribution is 0.0935. The maximum absolute atomic E-state index is 12.1. The second-order valence-electron chi connectivity index (χ2n) is 4.76. The molecule has 2 aromatic rings. The first-order chi connectivity index (χ1) is 9.96. The lowest BCUT2D eigenvalue weighted by Gasteiger charge is -2.11. The van der Waals surface area contributed by atoms with Crippen molar-refractivity contribution in [1.29, 1.82) is 0 Å². The van der Waals surface area contributed by atoms with Crippen molar-refractivity contribution in [2.45, 2.75) is 26.3 Å². The van der Waals surface area contributed by atoms with Crippen LogP contribution in [0.3, 0.4) is 0 Å². The van der Waals surface area contributed by atoms with Gasteiger partial charge in [-0.1, -0.05) is 22.9 Å². The topological polar surface area (TPSA) is 68.5 Å². The van der Waals surface area contributed by atoms with Gasteiger partial charge in [-0.2, -0.15) is 0 Å². The number of rotatable bonds is 4. The van der Waals surface area contributed by atoms with Crippen molar-refractivity contribution in [3.8, 4) is 5.75 Å². The van der Waals surface area contributed by atoms with Crippen LogP contribution < -0.4 is 15.7 Å². The molecule has 6 heteroatoms. The molecule has 0 radical (unpaired) electrons. The van der Waals surface area contributed by atoms with Gasteiger partial charge in [0.05, 0.1) is 7.11 Å². The maximum Gasteiger partial charge on any atom is 0.349 e. The summed E-state index contributed by atoms with van der Waals surface area (Å²) >= 11 is 3.36. The molecule has 1 atom stereocenters. The van der Waals surface area contributed by atoms with E-state index in [-0.39, 0.29) is 11.6 Å². The molecule has 2 rings (SSSR count). The molecule has 21 heavy (non-hydrogen) atoms. The molecule has 0 saturated heterocycles.